The first-order valence-corrected chi connectivity index (χ1v) is 10.7. The third kappa shape index (κ3) is 3.66. The zero-order chi connectivity index (χ0) is 18.9. The second kappa shape index (κ2) is 7.66. The summed E-state index contributed by atoms with van der Waals surface area (Å²) in [5, 5.41) is 0. The molecule has 26 heavy (non-hydrogen) atoms. The molecule has 144 valence electrons. The van der Waals surface area contributed by atoms with Gasteiger partial charge in [0, 0.05) is 39.8 Å². The van der Waals surface area contributed by atoms with Crippen molar-refractivity contribution in [3.8, 4) is 0 Å². The maximum absolute atomic E-state index is 13.1. The van der Waals surface area contributed by atoms with Crippen molar-refractivity contribution in [2.24, 2.45) is 5.92 Å². The minimum absolute atomic E-state index is 0.149. The molecule has 2 aliphatic rings. The normalized spacial score (nSPS) is 25.8. The molecule has 0 radical (unpaired) electrons. The van der Waals surface area contributed by atoms with E-state index in [0.717, 1.165) is 24.9 Å². The number of hydrogen-bond acceptors (Lipinski definition) is 3. The van der Waals surface area contributed by atoms with Crippen LogP contribution in [0.2, 0.25) is 0 Å². The monoisotopic (exact) mass is 379 g/mol. The predicted molar refractivity (Wildman–Crippen MR) is 102 cm³/mol. The van der Waals surface area contributed by atoms with Crippen LogP contribution in [-0.4, -0.2) is 67.6 Å². The quantitative estimate of drug-likeness (QED) is 0.803. The molecule has 0 bridgehead atoms. The Morgan fingerprint density at radius 1 is 1.15 bits per heavy atom. The van der Waals surface area contributed by atoms with Gasteiger partial charge in [-0.2, -0.15) is 17.0 Å². The van der Waals surface area contributed by atoms with E-state index >= 15 is 0 Å². The summed E-state index contributed by atoms with van der Waals surface area (Å²) in [5.41, 5.74) is 1.03. The van der Waals surface area contributed by atoms with Crippen LogP contribution in [0.1, 0.15) is 37.7 Å². The van der Waals surface area contributed by atoms with E-state index in [-0.39, 0.29) is 23.8 Å². The molecule has 6 nitrogen and oxygen atoms in total. The molecular formula is C19H29N3O3S. The Hall–Kier alpha value is -1.44. The van der Waals surface area contributed by atoms with Crippen LogP contribution < -0.4 is 0 Å². The van der Waals surface area contributed by atoms with Gasteiger partial charge in [-0.15, -0.1) is 0 Å². The second-order valence-electron chi connectivity index (χ2n) is 7.57. The lowest BCUT2D eigenvalue weighted by Crippen LogP contribution is -2.58. The minimum Gasteiger partial charge on any atom is -0.339 e. The fraction of sp³-hybridized carbons (Fsp3) is 0.632. The van der Waals surface area contributed by atoms with Crippen LogP contribution >= 0.6 is 0 Å². The van der Waals surface area contributed by atoms with Crippen molar-refractivity contribution in [3.63, 3.8) is 0 Å². The number of carbonyl (C=O) groups is 1. The molecule has 1 amide bonds. The number of benzene rings is 1. The van der Waals surface area contributed by atoms with Crippen LogP contribution in [0.25, 0.3) is 0 Å². The van der Waals surface area contributed by atoms with Gasteiger partial charge in [0.15, 0.2) is 0 Å². The van der Waals surface area contributed by atoms with Gasteiger partial charge in [-0.1, -0.05) is 30.3 Å². The topological polar surface area (TPSA) is 60.9 Å². The van der Waals surface area contributed by atoms with Crippen molar-refractivity contribution >= 4 is 16.1 Å². The molecule has 0 spiro atoms. The van der Waals surface area contributed by atoms with Gasteiger partial charge in [0.25, 0.3) is 10.2 Å². The van der Waals surface area contributed by atoms with Crippen LogP contribution in [-0.2, 0) is 15.0 Å². The summed E-state index contributed by atoms with van der Waals surface area (Å²) in [4.78, 5) is 15.1. The summed E-state index contributed by atoms with van der Waals surface area (Å²) in [5.74, 6) is 0.215. The molecule has 0 saturated carbocycles. The first-order valence-electron chi connectivity index (χ1n) is 9.35. The van der Waals surface area contributed by atoms with Gasteiger partial charge in [0.05, 0.1) is 5.92 Å². The van der Waals surface area contributed by atoms with Crippen molar-refractivity contribution in [2.75, 3.05) is 33.7 Å². The minimum atomic E-state index is -3.38. The number of nitrogens with zero attached hydrogens (tertiary/aromatic N) is 3. The Morgan fingerprint density at radius 2 is 1.85 bits per heavy atom. The number of likely N-dealkylation sites (tertiary alicyclic amines) is 1. The molecule has 2 heterocycles. The Kier molecular flexibility index (Phi) is 5.69. The number of piperidine rings is 2. The fourth-order valence-electron chi connectivity index (χ4n) is 4.22. The third-order valence-corrected chi connectivity index (χ3v) is 7.68. The van der Waals surface area contributed by atoms with Crippen molar-refractivity contribution in [2.45, 2.75) is 38.1 Å². The zero-order valence-electron chi connectivity index (χ0n) is 15.8. The molecule has 1 aromatic carbocycles. The van der Waals surface area contributed by atoms with Crippen LogP contribution in [0.15, 0.2) is 30.3 Å². The molecule has 7 heteroatoms. The van der Waals surface area contributed by atoms with Crippen molar-refractivity contribution in [1.29, 1.82) is 0 Å². The van der Waals surface area contributed by atoms with E-state index in [2.05, 4.69) is 0 Å². The first kappa shape index (κ1) is 19.3. The summed E-state index contributed by atoms with van der Waals surface area (Å²) in [6, 6.07) is 10.0. The lowest BCUT2D eigenvalue weighted by molar-refractivity contribution is -0.139. The van der Waals surface area contributed by atoms with Crippen molar-refractivity contribution in [3.05, 3.63) is 35.9 Å². The highest BCUT2D eigenvalue weighted by Crippen LogP contribution is 2.34. The highest BCUT2D eigenvalue weighted by Gasteiger charge is 2.42. The van der Waals surface area contributed by atoms with Gasteiger partial charge in [0.2, 0.25) is 5.91 Å². The number of amides is 1. The largest absolute Gasteiger partial charge is 0.339 e. The van der Waals surface area contributed by atoms with Gasteiger partial charge in [-0.3, -0.25) is 4.79 Å². The Labute approximate surface area is 157 Å². The van der Waals surface area contributed by atoms with Crippen LogP contribution in [0.3, 0.4) is 0 Å². The van der Waals surface area contributed by atoms with E-state index in [1.54, 1.807) is 18.4 Å². The third-order valence-electron chi connectivity index (χ3n) is 5.77. The Balaban J connectivity index is 1.73. The van der Waals surface area contributed by atoms with Gasteiger partial charge < -0.3 is 4.90 Å². The van der Waals surface area contributed by atoms with Crippen molar-refractivity contribution in [1.82, 2.24) is 13.5 Å². The average Bonchev–Trinajstić information content (AvgIpc) is 2.66. The molecule has 1 aromatic rings. The van der Waals surface area contributed by atoms with E-state index in [1.165, 1.54) is 4.31 Å². The van der Waals surface area contributed by atoms with Crippen LogP contribution in [0.4, 0.5) is 0 Å². The summed E-state index contributed by atoms with van der Waals surface area (Å²) in [6.07, 6.45) is 2.63. The fourth-order valence-corrected chi connectivity index (χ4v) is 5.40. The highest BCUT2D eigenvalue weighted by molar-refractivity contribution is 7.86. The molecule has 0 aliphatic carbocycles. The smallest absolute Gasteiger partial charge is 0.281 e. The Bertz CT molecular complexity index is 736. The molecule has 0 unspecified atom stereocenters. The van der Waals surface area contributed by atoms with Crippen LogP contribution in [0, 0.1) is 5.92 Å². The van der Waals surface area contributed by atoms with E-state index in [0.29, 0.717) is 19.5 Å². The number of fused-ring (bicyclic) bond motifs is 1. The lowest BCUT2D eigenvalue weighted by atomic mass is 9.83. The average molecular weight is 380 g/mol. The predicted octanol–water partition coefficient (Wildman–Crippen LogP) is 1.91. The summed E-state index contributed by atoms with van der Waals surface area (Å²) < 4.78 is 27.7. The first-order chi connectivity index (χ1) is 12.3. The molecule has 2 fully saturated rings. The van der Waals surface area contributed by atoms with E-state index < -0.39 is 10.2 Å². The maximum Gasteiger partial charge on any atom is 0.281 e. The molecule has 0 N–H and O–H groups in total. The standard InChI is InChI=1S/C19H29N3O3S/c1-15(16-8-5-4-6-9-16)19(23)22-12-7-10-17-14-21(13-11-18(17)22)26(24,25)20(2)3/h4-6,8-9,15,17-18H,7,10-14H2,1-3H3/t15-,17+,18-/m0/s1. The van der Waals surface area contributed by atoms with Gasteiger partial charge in [0.1, 0.15) is 0 Å². The van der Waals surface area contributed by atoms with E-state index in [9.17, 15) is 13.2 Å². The van der Waals surface area contributed by atoms with Crippen LogP contribution in [0.5, 0.6) is 0 Å². The molecule has 0 aromatic heterocycles. The summed E-state index contributed by atoms with van der Waals surface area (Å²) in [6.45, 7) is 3.73. The van der Waals surface area contributed by atoms with Gasteiger partial charge in [-0.25, -0.2) is 0 Å². The SMILES string of the molecule is C[C@H](C(=O)N1CCC[C@@H]2CN(S(=O)(=O)N(C)C)CC[C@@H]21)c1ccccc1. The molecule has 2 aliphatic heterocycles. The maximum atomic E-state index is 13.1. The molecule has 2 saturated heterocycles. The summed E-state index contributed by atoms with van der Waals surface area (Å²) in [7, 11) is -0.246. The molecular weight excluding hydrogens is 350 g/mol. The number of carbonyl (C=O) groups excluding carboxylic acids is 1. The number of rotatable bonds is 4. The number of hydrogen-bond donors (Lipinski definition) is 0. The molecule has 3 atom stereocenters. The summed E-state index contributed by atoms with van der Waals surface area (Å²) >= 11 is 0. The lowest BCUT2D eigenvalue weighted by Gasteiger charge is -2.47. The van der Waals surface area contributed by atoms with E-state index in [4.69, 9.17) is 0 Å². The second-order valence-corrected chi connectivity index (χ2v) is 9.71. The van der Waals surface area contributed by atoms with E-state index in [1.807, 2.05) is 42.2 Å². The van der Waals surface area contributed by atoms with Crippen molar-refractivity contribution < 1.29 is 13.2 Å². The van der Waals surface area contributed by atoms with Gasteiger partial charge in [-0.05, 0) is 37.7 Å². The molecule has 3 rings (SSSR count). The van der Waals surface area contributed by atoms with Gasteiger partial charge >= 0.3 is 0 Å². The highest BCUT2D eigenvalue weighted by atomic mass is 32.2. The zero-order valence-corrected chi connectivity index (χ0v) is 16.7. The Morgan fingerprint density at radius 3 is 2.50 bits per heavy atom.